The quantitative estimate of drug-likeness (QED) is 0.471. The number of aryl methyl sites for hydroxylation is 2. The number of aromatic nitrogens is 4. The lowest BCUT2D eigenvalue weighted by atomic mass is 10.0. The Morgan fingerprint density at radius 1 is 1.10 bits per heavy atom. The van der Waals surface area contributed by atoms with Crippen molar-refractivity contribution in [3.8, 4) is 11.3 Å². The first-order valence-electron chi connectivity index (χ1n) is 9.81. The van der Waals surface area contributed by atoms with E-state index in [1.807, 2.05) is 30.3 Å². The molecular formula is C21H23N5O3S. The third-order valence-corrected chi connectivity index (χ3v) is 6.56. The molecule has 30 heavy (non-hydrogen) atoms. The van der Waals surface area contributed by atoms with E-state index in [1.165, 1.54) is 0 Å². The Hall–Kier alpha value is -2.88. The summed E-state index contributed by atoms with van der Waals surface area (Å²) in [6.07, 6.45) is 1.65. The summed E-state index contributed by atoms with van der Waals surface area (Å²) in [4.78, 5) is 0.164. The molecule has 2 aromatic carbocycles. The molecule has 0 saturated heterocycles. The first-order valence-corrected chi connectivity index (χ1v) is 11.3. The molecule has 0 bridgehead atoms. The van der Waals surface area contributed by atoms with Crippen molar-refractivity contribution >= 4 is 26.4 Å². The second-order valence-electron chi connectivity index (χ2n) is 7.10. The highest BCUT2D eigenvalue weighted by molar-refractivity contribution is 7.89. The minimum Gasteiger partial charge on any atom is -0.395 e. The molecule has 0 saturated carbocycles. The van der Waals surface area contributed by atoms with Crippen LogP contribution in [0.2, 0.25) is 0 Å². The average molecular weight is 426 g/mol. The summed E-state index contributed by atoms with van der Waals surface area (Å²) in [5.74, 6) is 0.768. The van der Waals surface area contributed by atoms with Gasteiger partial charge in [0.2, 0.25) is 10.0 Å². The van der Waals surface area contributed by atoms with Gasteiger partial charge in [0.25, 0.3) is 0 Å². The van der Waals surface area contributed by atoms with Crippen LogP contribution in [-0.2, 0) is 16.4 Å². The molecule has 0 amide bonds. The molecule has 0 spiro atoms. The lowest BCUT2D eigenvalue weighted by Gasteiger charge is -2.12. The van der Waals surface area contributed by atoms with Gasteiger partial charge in [-0.25, -0.2) is 13.1 Å². The van der Waals surface area contributed by atoms with Crippen LogP contribution in [0.3, 0.4) is 0 Å². The van der Waals surface area contributed by atoms with E-state index in [1.54, 1.807) is 23.6 Å². The van der Waals surface area contributed by atoms with Gasteiger partial charge in [-0.2, -0.15) is 9.61 Å². The first-order chi connectivity index (χ1) is 14.5. The number of nitrogens with zero attached hydrogens (tertiary/aromatic N) is 4. The highest BCUT2D eigenvalue weighted by Crippen LogP contribution is 2.31. The summed E-state index contributed by atoms with van der Waals surface area (Å²) in [6.45, 7) is 3.50. The van der Waals surface area contributed by atoms with E-state index >= 15 is 0 Å². The number of rotatable bonds is 7. The molecule has 4 rings (SSSR count). The number of hydrogen-bond acceptors (Lipinski definition) is 6. The Labute approximate surface area is 174 Å². The normalized spacial score (nSPS) is 12.1. The molecule has 8 nitrogen and oxygen atoms in total. The predicted octanol–water partition coefficient (Wildman–Crippen LogP) is 2.48. The Bertz CT molecular complexity index is 1330. The SMILES string of the molecule is CCCc1nnc2c3ccccc3c(-c3ccc(C)c(S(=O)(=O)NCCO)c3)nn12. The molecule has 0 fully saturated rings. The van der Waals surface area contributed by atoms with E-state index in [0.29, 0.717) is 22.5 Å². The van der Waals surface area contributed by atoms with Crippen molar-refractivity contribution in [3.05, 3.63) is 53.9 Å². The van der Waals surface area contributed by atoms with Gasteiger partial charge < -0.3 is 5.11 Å². The minimum atomic E-state index is -3.75. The Kier molecular flexibility index (Phi) is 5.50. The van der Waals surface area contributed by atoms with Crippen LogP contribution in [0.5, 0.6) is 0 Å². The molecular weight excluding hydrogens is 402 g/mol. The minimum absolute atomic E-state index is 0.0414. The van der Waals surface area contributed by atoms with Crippen molar-refractivity contribution < 1.29 is 13.5 Å². The zero-order valence-corrected chi connectivity index (χ0v) is 17.6. The monoisotopic (exact) mass is 425 g/mol. The highest BCUT2D eigenvalue weighted by Gasteiger charge is 2.20. The molecule has 2 N–H and O–H groups in total. The molecule has 2 heterocycles. The van der Waals surface area contributed by atoms with Gasteiger partial charge in [-0.3, -0.25) is 0 Å². The van der Waals surface area contributed by atoms with E-state index < -0.39 is 10.0 Å². The summed E-state index contributed by atoms with van der Waals surface area (Å²) < 4.78 is 29.6. The number of hydrogen-bond donors (Lipinski definition) is 2. The van der Waals surface area contributed by atoms with Crippen LogP contribution < -0.4 is 4.72 Å². The van der Waals surface area contributed by atoms with E-state index in [2.05, 4.69) is 21.8 Å². The van der Waals surface area contributed by atoms with Gasteiger partial charge in [-0.15, -0.1) is 10.2 Å². The Balaban J connectivity index is 1.97. The molecule has 9 heteroatoms. The van der Waals surface area contributed by atoms with Gasteiger partial charge in [-0.05, 0) is 25.0 Å². The topological polar surface area (TPSA) is 109 Å². The maximum absolute atomic E-state index is 12.7. The number of benzene rings is 2. The molecule has 4 aromatic rings. The number of nitrogens with one attached hydrogen (secondary N) is 1. The zero-order valence-electron chi connectivity index (χ0n) is 16.8. The van der Waals surface area contributed by atoms with Crippen LogP contribution in [0.25, 0.3) is 27.7 Å². The van der Waals surface area contributed by atoms with Gasteiger partial charge >= 0.3 is 0 Å². The summed E-state index contributed by atoms with van der Waals surface area (Å²) in [6, 6.07) is 13.0. The molecule has 0 unspecified atom stereocenters. The van der Waals surface area contributed by atoms with Crippen LogP contribution in [0.4, 0.5) is 0 Å². The van der Waals surface area contributed by atoms with Crippen molar-refractivity contribution in [2.75, 3.05) is 13.2 Å². The third-order valence-electron chi connectivity index (χ3n) is 4.96. The fourth-order valence-electron chi connectivity index (χ4n) is 3.51. The van der Waals surface area contributed by atoms with Gasteiger partial charge in [-0.1, -0.05) is 43.3 Å². The Morgan fingerprint density at radius 2 is 1.87 bits per heavy atom. The molecule has 0 radical (unpaired) electrons. The van der Waals surface area contributed by atoms with Gasteiger partial charge in [0.15, 0.2) is 11.5 Å². The fraction of sp³-hybridized carbons (Fsp3) is 0.286. The molecule has 0 atom stereocenters. The predicted molar refractivity (Wildman–Crippen MR) is 115 cm³/mol. The number of sulfonamides is 1. The third kappa shape index (κ3) is 3.55. The van der Waals surface area contributed by atoms with E-state index in [4.69, 9.17) is 10.2 Å². The van der Waals surface area contributed by atoms with Crippen molar-refractivity contribution in [1.29, 1.82) is 0 Å². The Morgan fingerprint density at radius 3 is 2.60 bits per heavy atom. The van der Waals surface area contributed by atoms with Crippen LogP contribution in [0, 0.1) is 6.92 Å². The first kappa shape index (κ1) is 20.4. The number of aliphatic hydroxyl groups excluding tert-OH is 1. The lowest BCUT2D eigenvalue weighted by Crippen LogP contribution is -2.27. The van der Waals surface area contributed by atoms with Crippen molar-refractivity contribution in [2.24, 2.45) is 0 Å². The number of fused-ring (bicyclic) bond motifs is 3. The van der Waals surface area contributed by atoms with Gasteiger partial charge in [0, 0.05) is 29.3 Å². The molecule has 0 aliphatic heterocycles. The van der Waals surface area contributed by atoms with E-state index in [-0.39, 0.29) is 18.0 Å². The largest absolute Gasteiger partial charge is 0.395 e. The second-order valence-corrected chi connectivity index (χ2v) is 8.83. The van der Waals surface area contributed by atoms with Gasteiger partial charge in [0.1, 0.15) is 0 Å². The van der Waals surface area contributed by atoms with Crippen LogP contribution in [0.15, 0.2) is 47.4 Å². The fourth-order valence-corrected chi connectivity index (χ4v) is 4.80. The van der Waals surface area contributed by atoms with E-state index in [0.717, 1.165) is 29.4 Å². The van der Waals surface area contributed by atoms with Crippen molar-refractivity contribution in [3.63, 3.8) is 0 Å². The van der Waals surface area contributed by atoms with Crippen molar-refractivity contribution in [2.45, 2.75) is 31.6 Å². The summed E-state index contributed by atoms with van der Waals surface area (Å²) >= 11 is 0. The highest BCUT2D eigenvalue weighted by atomic mass is 32.2. The maximum Gasteiger partial charge on any atom is 0.240 e. The number of aliphatic hydroxyl groups is 1. The van der Waals surface area contributed by atoms with E-state index in [9.17, 15) is 8.42 Å². The van der Waals surface area contributed by atoms with Crippen LogP contribution >= 0.6 is 0 Å². The summed E-state index contributed by atoms with van der Waals surface area (Å²) in [7, 11) is -3.75. The standard InChI is InChI=1S/C21H23N5O3S/c1-3-6-19-23-24-21-17-8-5-4-7-16(17)20(25-26(19)21)15-10-9-14(2)18(13-15)30(28,29)22-11-12-27/h4-5,7-10,13,22,27H,3,6,11-12H2,1-2H3. The molecule has 0 aliphatic carbocycles. The van der Waals surface area contributed by atoms with Crippen LogP contribution in [-0.4, -0.2) is 46.5 Å². The summed E-state index contributed by atoms with van der Waals surface area (Å²) in [5, 5.41) is 24.2. The molecule has 0 aliphatic rings. The zero-order chi connectivity index (χ0) is 21.3. The smallest absolute Gasteiger partial charge is 0.240 e. The summed E-state index contributed by atoms with van der Waals surface area (Å²) in [5.41, 5.74) is 2.64. The van der Waals surface area contributed by atoms with Gasteiger partial charge in [0.05, 0.1) is 17.2 Å². The average Bonchev–Trinajstić information content (AvgIpc) is 3.15. The second kappa shape index (κ2) is 8.10. The van der Waals surface area contributed by atoms with Crippen LogP contribution in [0.1, 0.15) is 24.7 Å². The maximum atomic E-state index is 12.7. The molecule has 2 aromatic heterocycles. The lowest BCUT2D eigenvalue weighted by molar-refractivity contribution is 0.301. The van der Waals surface area contributed by atoms with Crippen molar-refractivity contribution in [1.82, 2.24) is 24.5 Å². The molecule has 156 valence electrons.